The molecule has 0 aliphatic heterocycles. The summed E-state index contributed by atoms with van der Waals surface area (Å²) in [6.45, 7) is 4.18. The lowest BCUT2D eigenvalue weighted by molar-refractivity contribution is 0.103. The predicted molar refractivity (Wildman–Crippen MR) is 100 cm³/mol. The van der Waals surface area contributed by atoms with Crippen molar-refractivity contribution in [1.82, 2.24) is 4.98 Å². The number of anilines is 2. The number of nitrogens with two attached hydrogens (primary N) is 1. The molecule has 3 aromatic rings. The molecule has 3 N–H and O–H groups in total. The van der Waals surface area contributed by atoms with E-state index in [0.29, 0.717) is 16.5 Å². The first-order valence-electron chi connectivity index (χ1n) is 7.21. The molecule has 6 heteroatoms. The summed E-state index contributed by atoms with van der Waals surface area (Å²) in [5, 5.41) is 3.70. The zero-order chi connectivity index (χ0) is 16.6. The fourth-order valence-corrected chi connectivity index (χ4v) is 3.65. The number of nitrogens with one attached hydrogen (secondary N) is 1. The van der Waals surface area contributed by atoms with Crippen LogP contribution in [0.25, 0.3) is 10.2 Å². The van der Waals surface area contributed by atoms with Crippen molar-refractivity contribution in [2.75, 3.05) is 11.1 Å². The number of amides is 1. The van der Waals surface area contributed by atoms with Crippen LogP contribution in [-0.4, -0.2) is 10.9 Å². The average Bonchev–Trinajstić information content (AvgIpc) is 2.84. The Hall–Kier alpha value is -1.92. The van der Waals surface area contributed by atoms with Crippen molar-refractivity contribution < 1.29 is 4.79 Å². The van der Waals surface area contributed by atoms with Gasteiger partial charge in [-0.3, -0.25) is 4.79 Å². The Balaban J connectivity index is 1.95. The minimum absolute atomic E-state index is 0.213. The van der Waals surface area contributed by atoms with Crippen LogP contribution in [0.5, 0.6) is 0 Å². The maximum absolute atomic E-state index is 12.5. The Bertz CT molecular complexity index is 889. The van der Waals surface area contributed by atoms with Gasteiger partial charge in [0.2, 0.25) is 0 Å². The number of hydrogen-bond donors (Lipinski definition) is 2. The number of aromatic nitrogens is 1. The number of nitrogens with zero attached hydrogens (tertiary/aromatic N) is 1. The van der Waals surface area contributed by atoms with Gasteiger partial charge < -0.3 is 11.1 Å². The van der Waals surface area contributed by atoms with Gasteiger partial charge in [0.1, 0.15) is 9.71 Å². The van der Waals surface area contributed by atoms with E-state index < -0.39 is 0 Å². The number of halogens is 1. The SMILES string of the molecule is CC(C)c1ccc2c(N)c(C(=O)Nc3cccc(Br)c3)sc2n1. The standard InChI is InChI=1S/C17H16BrN3OS/c1-9(2)13-7-6-12-14(19)15(23-17(12)21-13)16(22)20-11-5-3-4-10(18)8-11/h3-9H,19H2,1-2H3,(H,20,22). The second-order valence-electron chi connectivity index (χ2n) is 5.55. The topological polar surface area (TPSA) is 68.0 Å². The van der Waals surface area contributed by atoms with Gasteiger partial charge in [-0.15, -0.1) is 11.3 Å². The molecule has 0 unspecified atom stereocenters. The largest absolute Gasteiger partial charge is 0.397 e. The van der Waals surface area contributed by atoms with Gasteiger partial charge in [-0.25, -0.2) is 4.98 Å². The van der Waals surface area contributed by atoms with Gasteiger partial charge in [0.05, 0.1) is 5.69 Å². The maximum atomic E-state index is 12.5. The Morgan fingerprint density at radius 1 is 1.30 bits per heavy atom. The zero-order valence-corrected chi connectivity index (χ0v) is 15.2. The monoisotopic (exact) mass is 389 g/mol. The number of carbonyl (C=O) groups excluding carboxylic acids is 1. The number of thiophene rings is 1. The maximum Gasteiger partial charge on any atom is 0.267 e. The fourth-order valence-electron chi connectivity index (χ4n) is 2.26. The molecule has 0 saturated heterocycles. The lowest BCUT2D eigenvalue weighted by atomic mass is 10.1. The Morgan fingerprint density at radius 3 is 2.78 bits per heavy atom. The molecule has 118 valence electrons. The van der Waals surface area contributed by atoms with Gasteiger partial charge in [-0.05, 0) is 36.2 Å². The predicted octanol–water partition coefficient (Wildman–Crippen LogP) is 5.02. The van der Waals surface area contributed by atoms with E-state index >= 15 is 0 Å². The zero-order valence-electron chi connectivity index (χ0n) is 12.8. The molecule has 1 aromatic carbocycles. The van der Waals surface area contributed by atoms with Gasteiger partial charge in [0.25, 0.3) is 5.91 Å². The van der Waals surface area contributed by atoms with Crippen LogP contribution in [0.4, 0.5) is 11.4 Å². The van der Waals surface area contributed by atoms with Gasteiger partial charge in [0, 0.05) is 21.2 Å². The van der Waals surface area contributed by atoms with Crippen LogP contribution in [0.15, 0.2) is 40.9 Å². The van der Waals surface area contributed by atoms with Crippen molar-refractivity contribution in [1.29, 1.82) is 0 Å². The molecule has 3 rings (SSSR count). The van der Waals surface area contributed by atoms with Crippen LogP contribution in [0.1, 0.15) is 35.1 Å². The molecule has 2 aromatic heterocycles. The summed E-state index contributed by atoms with van der Waals surface area (Å²) in [4.78, 5) is 18.4. The van der Waals surface area contributed by atoms with E-state index in [1.54, 1.807) is 0 Å². The molecular formula is C17H16BrN3OS. The summed E-state index contributed by atoms with van der Waals surface area (Å²) in [7, 11) is 0. The highest BCUT2D eigenvalue weighted by molar-refractivity contribution is 9.10. The molecule has 23 heavy (non-hydrogen) atoms. The number of rotatable bonds is 3. The third-order valence-electron chi connectivity index (χ3n) is 3.50. The summed E-state index contributed by atoms with van der Waals surface area (Å²) in [5.74, 6) is 0.122. The second kappa shape index (κ2) is 6.29. The second-order valence-corrected chi connectivity index (χ2v) is 7.47. The van der Waals surface area contributed by atoms with E-state index in [2.05, 4.69) is 40.1 Å². The number of hydrogen-bond acceptors (Lipinski definition) is 4. The van der Waals surface area contributed by atoms with E-state index in [0.717, 1.165) is 26.1 Å². The van der Waals surface area contributed by atoms with Crippen LogP contribution in [0.3, 0.4) is 0 Å². The van der Waals surface area contributed by atoms with Crippen molar-refractivity contribution in [3.63, 3.8) is 0 Å². The molecule has 0 bridgehead atoms. The highest BCUT2D eigenvalue weighted by atomic mass is 79.9. The molecule has 2 heterocycles. The van der Waals surface area contributed by atoms with Gasteiger partial charge in [0.15, 0.2) is 0 Å². The molecule has 1 amide bonds. The number of carbonyl (C=O) groups is 1. The van der Waals surface area contributed by atoms with Crippen molar-refractivity contribution in [3.8, 4) is 0 Å². The number of benzene rings is 1. The molecule has 0 fully saturated rings. The first-order valence-corrected chi connectivity index (χ1v) is 8.82. The van der Waals surface area contributed by atoms with Crippen LogP contribution in [0.2, 0.25) is 0 Å². The normalized spacial score (nSPS) is 11.1. The molecule has 0 atom stereocenters. The van der Waals surface area contributed by atoms with E-state index in [4.69, 9.17) is 5.73 Å². The average molecular weight is 390 g/mol. The van der Waals surface area contributed by atoms with Crippen molar-refractivity contribution in [2.45, 2.75) is 19.8 Å². The van der Waals surface area contributed by atoms with Crippen LogP contribution >= 0.6 is 27.3 Å². The Kier molecular flexibility index (Phi) is 4.37. The molecule has 4 nitrogen and oxygen atoms in total. The molecule has 0 aliphatic carbocycles. The van der Waals surface area contributed by atoms with Gasteiger partial charge >= 0.3 is 0 Å². The van der Waals surface area contributed by atoms with Crippen LogP contribution in [-0.2, 0) is 0 Å². The summed E-state index contributed by atoms with van der Waals surface area (Å²) >= 11 is 4.72. The number of nitrogen functional groups attached to an aromatic ring is 1. The lowest BCUT2D eigenvalue weighted by Gasteiger charge is -2.04. The minimum Gasteiger partial charge on any atom is -0.397 e. The fraction of sp³-hybridized carbons (Fsp3) is 0.176. The molecule has 0 aliphatic rings. The van der Waals surface area contributed by atoms with Crippen LogP contribution < -0.4 is 11.1 Å². The third kappa shape index (κ3) is 3.23. The molecule has 0 saturated carbocycles. The third-order valence-corrected chi connectivity index (χ3v) is 5.10. The Morgan fingerprint density at radius 2 is 2.09 bits per heavy atom. The number of fused-ring (bicyclic) bond motifs is 1. The smallest absolute Gasteiger partial charge is 0.267 e. The number of pyridine rings is 1. The van der Waals surface area contributed by atoms with E-state index in [-0.39, 0.29) is 5.91 Å². The quantitative estimate of drug-likeness (QED) is 0.660. The van der Waals surface area contributed by atoms with Crippen LogP contribution in [0, 0.1) is 0 Å². The van der Waals surface area contributed by atoms with E-state index in [9.17, 15) is 4.79 Å². The van der Waals surface area contributed by atoms with E-state index in [1.807, 2.05) is 36.4 Å². The molecule has 0 radical (unpaired) electrons. The summed E-state index contributed by atoms with van der Waals surface area (Å²) in [6.07, 6.45) is 0. The Labute approximate surface area is 146 Å². The summed E-state index contributed by atoms with van der Waals surface area (Å²) in [6, 6.07) is 11.4. The van der Waals surface area contributed by atoms with Crippen molar-refractivity contribution in [2.24, 2.45) is 0 Å². The molecule has 0 spiro atoms. The summed E-state index contributed by atoms with van der Waals surface area (Å²) < 4.78 is 0.905. The lowest BCUT2D eigenvalue weighted by Crippen LogP contribution is -2.11. The minimum atomic E-state index is -0.213. The first kappa shape index (κ1) is 16.0. The summed E-state index contributed by atoms with van der Waals surface area (Å²) in [5.41, 5.74) is 8.35. The molecular weight excluding hydrogens is 374 g/mol. The van der Waals surface area contributed by atoms with E-state index in [1.165, 1.54) is 11.3 Å². The highest BCUT2D eigenvalue weighted by Crippen LogP contribution is 2.34. The highest BCUT2D eigenvalue weighted by Gasteiger charge is 2.18. The van der Waals surface area contributed by atoms with Crippen molar-refractivity contribution in [3.05, 3.63) is 51.4 Å². The van der Waals surface area contributed by atoms with Gasteiger partial charge in [-0.2, -0.15) is 0 Å². The first-order chi connectivity index (χ1) is 11.0. The van der Waals surface area contributed by atoms with Crippen molar-refractivity contribution >= 4 is 54.8 Å². The van der Waals surface area contributed by atoms with Gasteiger partial charge in [-0.1, -0.05) is 35.8 Å².